The van der Waals surface area contributed by atoms with Gasteiger partial charge >= 0.3 is 11.6 Å². The van der Waals surface area contributed by atoms with Crippen LogP contribution >= 0.6 is 0 Å². The molecule has 0 unspecified atom stereocenters. The highest BCUT2D eigenvalue weighted by Crippen LogP contribution is 2.25. The van der Waals surface area contributed by atoms with Crippen LogP contribution in [0.3, 0.4) is 0 Å². The second kappa shape index (κ2) is 6.43. The molecule has 0 fully saturated rings. The first-order valence-electron chi connectivity index (χ1n) is 8.03. The second-order valence-electron chi connectivity index (χ2n) is 5.83. The molecule has 2 heterocycles. The van der Waals surface area contributed by atoms with E-state index >= 15 is 0 Å². The van der Waals surface area contributed by atoms with Crippen LogP contribution in [0.2, 0.25) is 0 Å². The number of benzene rings is 1. The van der Waals surface area contributed by atoms with Gasteiger partial charge in [-0.15, -0.1) is 0 Å². The van der Waals surface area contributed by atoms with E-state index in [0.717, 1.165) is 27.8 Å². The fraction of sp³-hybridized carbons (Fsp3) is 0.316. The summed E-state index contributed by atoms with van der Waals surface area (Å²) in [5.41, 5.74) is 3.71. The molecule has 3 rings (SSSR count). The Hall–Kier alpha value is -2.69. The fourth-order valence-corrected chi connectivity index (χ4v) is 2.90. The molecule has 0 bridgehead atoms. The largest absolute Gasteiger partial charge is 0.455 e. The molecule has 0 aliphatic heterocycles. The average Bonchev–Trinajstić information content (AvgIpc) is 2.53. The maximum Gasteiger partial charge on any atom is 0.337 e. The zero-order valence-electron chi connectivity index (χ0n) is 14.3. The molecule has 2 aromatic heterocycles. The molecule has 0 N–H and O–H groups in total. The van der Waals surface area contributed by atoms with Crippen molar-refractivity contribution < 1.29 is 9.15 Å². The minimum atomic E-state index is -0.407. The highest BCUT2D eigenvalue weighted by molar-refractivity contribution is 5.79. The van der Waals surface area contributed by atoms with Crippen molar-refractivity contribution in [1.29, 1.82) is 0 Å². The van der Waals surface area contributed by atoms with Crippen molar-refractivity contribution in [3.63, 3.8) is 0 Å². The molecule has 0 aliphatic carbocycles. The Morgan fingerprint density at radius 3 is 2.67 bits per heavy atom. The minimum Gasteiger partial charge on any atom is -0.455 e. The number of ether oxygens (including phenoxy) is 1. The Kier molecular flexibility index (Phi) is 4.34. The van der Waals surface area contributed by atoms with Gasteiger partial charge in [0, 0.05) is 6.07 Å². The lowest BCUT2D eigenvalue weighted by atomic mass is 10.1. The van der Waals surface area contributed by atoms with Crippen molar-refractivity contribution in [3.05, 3.63) is 63.1 Å². The molecule has 5 nitrogen and oxygen atoms in total. The number of aromatic nitrogens is 2. The first kappa shape index (κ1) is 16.2. The molecule has 0 radical (unpaired) electrons. The topological polar surface area (TPSA) is 65.2 Å². The Balaban J connectivity index is 2.02. The van der Waals surface area contributed by atoms with Gasteiger partial charge < -0.3 is 9.15 Å². The minimum absolute atomic E-state index is 0.205. The molecule has 0 saturated heterocycles. The van der Waals surface area contributed by atoms with Gasteiger partial charge in [0.1, 0.15) is 6.10 Å². The molecule has 24 heavy (non-hydrogen) atoms. The molecule has 0 aliphatic rings. The molecule has 0 spiro atoms. The van der Waals surface area contributed by atoms with E-state index in [4.69, 9.17) is 9.15 Å². The van der Waals surface area contributed by atoms with Gasteiger partial charge in [0.2, 0.25) is 5.71 Å². The van der Waals surface area contributed by atoms with Crippen LogP contribution in [0.5, 0.6) is 6.01 Å². The van der Waals surface area contributed by atoms with E-state index in [-0.39, 0.29) is 17.8 Å². The van der Waals surface area contributed by atoms with Gasteiger partial charge in [-0.05, 0) is 43.9 Å². The van der Waals surface area contributed by atoms with Crippen LogP contribution in [0, 0.1) is 13.8 Å². The van der Waals surface area contributed by atoms with Crippen LogP contribution < -0.4 is 10.4 Å². The summed E-state index contributed by atoms with van der Waals surface area (Å²) >= 11 is 0. The Morgan fingerprint density at radius 1 is 1.21 bits per heavy atom. The monoisotopic (exact) mass is 324 g/mol. The molecule has 0 saturated carbocycles. The summed E-state index contributed by atoms with van der Waals surface area (Å²) in [5, 5.41) is 0.785. The Labute approximate surface area is 140 Å². The number of fused-ring (bicyclic) bond motifs is 1. The highest BCUT2D eigenvalue weighted by Gasteiger charge is 2.16. The van der Waals surface area contributed by atoms with Gasteiger partial charge in [-0.3, -0.25) is 0 Å². The van der Waals surface area contributed by atoms with Gasteiger partial charge in [-0.25, -0.2) is 4.79 Å². The van der Waals surface area contributed by atoms with Crippen LogP contribution in [0.15, 0.2) is 39.5 Å². The zero-order valence-corrected chi connectivity index (χ0v) is 14.3. The molecular formula is C19H20N2O3. The van der Waals surface area contributed by atoms with Crippen molar-refractivity contribution in [1.82, 2.24) is 9.97 Å². The second-order valence-corrected chi connectivity index (χ2v) is 5.83. The standard InChI is InChI=1S/C19H20N2O3/c1-5-14-10-16(22)24-18-17(14)12(3)20-19(21-18)23-13(4)15-9-7-6-8-11(15)2/h6-10,13H,5H2,1-4H3/t13-/m1/s1. The molecule has 3 aromatic rings. The van der Waals surface area contributed by atoms with Crippen LogP contribution in [0.1, 0.15) is 42.3 Å². The van der Waals surface area contributed by atoms with E-state index in [0.29, 0.717) is 6.42 Å². The van der Waals surface area contributed by atoms with Crippen LogP contribution in [-0.2, 0) is 6.42 Å². The van der Waals surface area contributed by atoms with Crippen molar-refractivity contribution in [2.24, 2.45) is 0 Å². The van der Waals surface area contributed by atoms with Gasteiger partial charge in [0.25, 0.3) is 0 Å². The third-order valence-corrected chi connectivity index (χ3v) is 4.14. The van der Waals surface area contributed by atoms with E-state index in [1.807, 2.05) is 52.0 Å². The fourth-order valence-electron chi connectivity index (χ4n) is 2.90. The van der Waals surface area contributed by atoms with Crippen LogP contribution in [0.4, 0.5) is 0 Å². The van der Waals surface area contributed by atoms with Gasteiger partial charge in [0.15, 0.2) is 0 Å². The lowest BCUT2D eigenvalue weighted by Crippen LogP contribution is -2.09. The lowest BCUT2D eigenvalue weighted by molar-refractivity contribution is 0.206. The van der Waals surface area contributed by atoms with Crippen molar-refractivity contribution in [3.8, 4) is 6.01 Å². The van der Waals surface area contributed by atoms with E-state index in [2.05, 4.69) is 9.97 Å². The quantitative estimate of drug-likeness (QED) is 0.728. The van der Waals surface area contributed by atoms with Gasteiger partial charge in [0.05, 0.1) is 11.1 Å². The molecular weight excluding hydrogens is 304 g/mol. The summed E-state index contributed by atoms with van der Waals surface area (Å²) in [6, 6.07) is 9.73. The summed E-state index contributed by atoms with van der Waals surface area (Å²) in [6.45, 7) is 7.84. The number of rotatable bonds is 4. The van der Waals surface area contributed by atoms with Gasteiger partial charge in [-0.2, -0.15) is 9.97 Å². The zero-order chi connectivity index (χ0) is 17.3. The van der Waals surface area contributed by atoms with E-state index in [1.165, 1.54) is 6.07 Å². The molecule has 5 heteroatoms. The highest BCUT2D eigenvalue weighted by atomic mass is 16.5. The smallest absolute Gasteiger partial charge is 0.337 e. The van der Waals surface area contributed by atoms with Crippen molar-refractivity contribution >= 4 is 11.1 Å². The number of nitrogens with zero attached hydrogens (tertiary/aromatic N) is 2. The Morgan fingerprint density at radius 2 is 1.96 bits per heavy atom. The lowest BCUT2D eigenvalue weighted by Gasteiger charge is -2.16. The van der Waals surface area contributed by atoms with Crippen LogP contribution in [0.25, 0.3) is 11.1 Å². The van der Waals surface area contributed by atoms with E-state index in [1.54, 1.807) is 0 Å². The summed E-state index contributed by atoms with van der Waals surface area (Å²) < 4.78 is 11.1. The summed E-state index contributed by atoms with van der Waals surface area (Å²) in [4.78, 5) is 20.4. The first-order valence-corrected chi connectivity index (χ1v) is 8.03. The van der Waals surface area contributed by atoms with Gasteiger partial charge in [-0.1, -0.05) is 31.2 Å². The predicted octanol–water partition coefficient (Wildman–Crippen LogP) is 3.90. The molecule has 0 amide bonds. The molecule has 1 aromatic carbocycles. The van der Waals surface area contributed by atoms with Crippen LogP contribution in [-0.4, -0.2) is 9.97 Å². The van der Waals surface area contributed by atoms with E-state index < -0.39 is 5.63 Å². The average molecular weight is 324 g/mol. The number of hydrogen-bond acceptors (Lipinski definition) is 5. The maximum atomic E-state index is 11.7. The number of aryl methyl sites for hydroxylation is 3. The van der Waals surface area contributed by atoms with Crippen molar-refractivity contribution in [2.75, 3.05) is 0 Å². The molecule has 1 atom stereocenters. The predicted molar refractivity (Wildman–Crippen MR) is 92.4 cm³/mol. The third kappa shape index (κ3) is 3.02. The Bertz CT molecular complexity index is 947. The summed E-state index contributed by atoms with van der Waals surface area (Å²) in [7, 11) is 0. The SMILES string of the molecule is CCc1cc(=O)oc2nc(O[C@H](C)c3ccccc3C)nc(C)c12. The molecule has 124 valence electrons. The normalized spacial score (nSPS) is 12.3. The maximum absolute atomic E-state index is 11.7. The first-order chi connectivity index (χ1) is 11.5. The third-order valence-electron chi connectivity index (χ3n) is 4.14. The van der Waals surface area contributed by atoms with E-state index in [9.17, 15) is 4.79 Å². The summed E-state index contributed by atoms with van der Waals surface area (Å²) in [6.07, 6.45) is 0.510. The summed E-state index contributed by atoms with van der Waals surface area (Å²) in [5.74, 6) is 0. The van der Waals surface area contributed by atoms with Crippen molar-refractivity contribution in [2.45, 2.75) is 40.2 Å². The number of hydrogen-bond donors (Lipinski definition) is 0.